The van der Waals surface area contributed by atoms with E-state index < -0.39 is 12.5 Å². The first-order chi connectivity index (χ1) is 10.8. The average molecular weight is 320 g/mol. The second-order valence-corrected chi connectivity index (χ2v) is 5.16. The van der Waals surface area contributed by atoms with Crippen LogP contribution in [0, 0.1) is 0 Å². The predicted molar refractivity (Wildman–Crippen MR) is 81.5 cm³/mol. The Labute approximate surface area is 130 Å². The second kappa shape index (κ2) is 5.62. The summed E-state index contributed by atoms with van der Waals surface area (Å²) in [5.41, 5.74) is 2.95. The van der Waals surface area contributed by atoms with Crippen molar-refractivity contribution >= 4 is 24.3 Å². The lowest BCUT2D eigenvalue weighted by Gasteiger charge is -2.11. The van der Waals surface area contributed by atoms with Crippen molar-refractivity contribution < 1.29 is 23.0 Å². The molecule has 2 aromatic carbocycles. The van der Waals surface area contributed by atoms with E-state index in [0.29, 0.717) is 11.4 Å². The number of aliphatic hydroxyl groups is 1. The Morgan fingerprint density at radius 2 is 1.83 bits per heavy atom. The Morgan fingerprint density at radius 1 is 1.13 bits per heavy atom. The van der Waals surface area contributed by atoms with E-state index in [1.54, 1.807) is 0 Å². The molecule has 0 spiro atoms. The number of imidazole rings is 1. The van der Waals surface area contributed by atoms with Crippen LogP contribution in [0.5, 0.6) is 5.75 Å². The molecule has 23 heavy (non-hydrogen) atoms. The summed E-state index contributed by atoms with van der Waals surface area (Å²) in [6, 6.07) is 10.7. The lowest BCUT2D eigenvalue weighted by atomic mass is 9.96. The van der Waals surface area contributed by atoms with Crippen molar-refractivity contribution in [3.8, 4) is 5.75 Å². The molecule has 0 fully saturated rings. The first-order valence-electron chi connectivity index (χ1n) is 6.82. The van der Waals surface area contributed by atoms with Gasteiger partial charge in [0, 0.05) is 0 Å². The zero-order valence-electron chi connectivity index (χ0n) is 12.1. The third kappa shape index (κ3) is 3.48. The minimum absolute atomic E-state index is 0.329. The molecule has 0 radical (unpaired) electrons. The maximum atomic E-state index is 12.1. The first kappa shape index (κ1) is 15.4. The largest absolute Gasteiger partial charge is 0.573 e. The van der Waals surface area contributed by atoms with Crippen LogP contribution in [0.15, 0.2) is 42.5 Å². The number of rotatable bonds is 3. The van der Waals surface area contributed by atoms with Gasteiger partial charge >= 0.3 is 6.36 Å². The van der Waals surface area contributed by atoms with Gasteiger partial charge in [0.25, 0.3) is 0 Å². The van der Waals surface area contributed by atoms with E-state index in [4.69, 9.17) is 0 Å². The van der Waals surface area contributed by atoms with Crippen molar-refractivity contribution in [2.75, 3.05) is 0 Å². The summed E-state index contributed by atoms with van der Waals surface area (Å²) in [4.78, 5) is 7.32. The Morgan fingerprint density at radius 3 is 2.48 bits per heavy atom. The monoisotopic (exact) mass is 320 g/mol. The summed E-state index contributed by atoms with van der Waals surface area (Å²) in [6.07, 6.45) is -5.81. The van der Waals surface area contributed by atoms with Crippen LogP contribution in [-0.2, 0) is 0 Å². The van der Waals surface area contributed by atoms with E-state index in [0.717, 1.165) is 28.6 Å². The minimum Gasteiger partial charge on any atom is -0.406 e. The highest BCUT2D eigenvalue weighted by molar-refractivity contribution is 6.33. The molecule has 1 atom stereocenters. The van der Waals surface area contributed by atoms with Crippen molar-refractivity contribution in [2.45, 2.75) is 12.5 Å². The molecule has 4 nitrogen and oxygen atoms in total. The molecule has 0 saturated heterocycles. The molecule has 0 aliphatic rings. The van der Waals surface area contributed by atoms with Gasteiger partial charge in [-0.2, -0.15) is 0 Å². The van der Waals surface area contributed by atoms with Crippen molar-refractivity contribution in [1.29, 1.82) is 0 Å². The number of aliphatic hydroxyl groups excluding tert-OH is 1. The van der Waals surface area contributed by atoms with Gasteiger partial charge in [-0.15, -0.1) is 13.2 Å². The van der Waals surface area contributed by atoms with Gasteiger partial charge in [-0.05, 0) is 29.8 Å². The number of alkyl halides is 3. The molecule has 2 N–H and O–H groups in total. The number of nitrogens with one attached hydrogen (secondary N) is 1. The topological polar surface area (TPSA) is 58.1 Å². The van der Waals surface area contributed by atoms with Gasteiger partial charge in [-0.3, -0.25) is 0 Å². The normalized spacial score (nSPS) is 13.2. The number of nitrogens with zero attached hydrogens (tertiary/aromatic N) is 1. The molecule has 8 heteroatoms. The van der Waals surface area contributed by atoms with E-state index >= 15 is 0 Å². The SMILES string of the molecule is Bc1ccc2[nH]c(C(O)c3ccc(OC(F)(F)F)cc3)nc2c1. The lowest BCUT2D eigenvalue weighted by Crippen LogP contribution is -2.17. The van der Waals surface area contributed by atoms with Gasteiger partial charge in [0.05, 0.1) is 11.0 Å². The number of aromatic nitrogens is 2. The van der Waals surface area contributed by atoms with Gasteiger partial charge in [0.2, 0.25) is 0 Å². The summed E-state index contributed by atoms with van der Waals surface area (Å²) in [5.74, 6) is -0.0104. The molecule has 0 aliphatic carbocycles. The summed E-state index contributed by atoms with van der Waals surface area (Å²) >= 11 is 0. The van der Waals surface area contributed by atoms with Crippen molar-refractivity contribution in [2.24, 2.45) is 0 Å². The predicted octanol–water partition coefficient (Wildman–Crippen LogP) is 1.80. The smallest absolute Gasteiger partial charge is 0.406 e. The molecule has 0 aliphatic heterocycles. The third-order valence-electron chi connectivity index (χ3n) is 3.35. The zero-order valence-corrected chi connectivity index (χ0v) is 12.1. The molecule has 1 aromatic heterocycles. The Balaban J connectivity index is 1.85. The number of hydrogen-bond acceptors (Lipinski definition) is 3. The molecule has 0 bridgehead atoms. The summed E-state index contributed by atoms with van der Waals surface area (Å²) in [7, 11) is 1.93. The number of ether oxygens (including phenoxy) is 1. The first-order valence-corrected chi connectivity index (χ1v) is 6.82. The summed E-state index contributed by atoms with van der Waals surface area (Å²) < 4.78 is 40.2. The standard InChI is InChI=1S/C15H12BF3N2O2/c16-9-3-6-11-12(7-9)21-14(20-11)13(22)8-1-4-10(5-2-8)23-15(17,18)19/h1-7,13,22H,16H2,(H,20,21). The van der Waals surface area contributed by atoms with E-state index in [9.17, 15) is 18.3 Å². The maximum absolute atomic E-state index is 12.1. The van der Waals surface area contributed by atoms with Crippen molar-refractivity contribution in [1.82, 2.24) is 9.97 Å². The zero-order chi connectivity index (χ0) is 16.6. The summed E-state index contributed by atoms with van der Waals surface area (Å²) in [5, 5.41) is 10.3. The molecule has 1 heterocycles. The van der Waals surface area contributed by atoms with Gasteiger partial charge in [0.1, 0.15) is 25.5 Å². The van der Waals surface area contributed by atoms with Crippen molar-refractivity contribution in [3.63, 3.8) is 0 Å². The number of hydrogen-bond donors (Lipinski definition) is 2. The molecule has 118 valence electrons. The molecule has 3 rings (SSSR count). The van der Waals surface area contributed by atoms with Crippen LogP contribution in [-0.4, -0.2) is 29.3 Å². The number of halogens is 3. The Bertz CT molecular complexity index is 831. The fourth-order valence-electron chi connectivity index (χ4n) is 2.27. The third-order valence-corrected chi connectivity index (χ3v) is 3.35. The van der Waals surface area contributed by atoms with Crippen LogP contribution in [0.25, 0.3) is 11.0 Å². The quantitative estimate of drug-likeness (QED) is 0.724. The minimum atomic E-state index is -4.74. The molecular formula is C15H12BF3N2O2. The molecule has 1 unspecified atom stereocenters. The van der Waals surface area contributed by atoms with Crippen LogP contribution in [0.4, 0.5) is 13.2 Å². The molecule has 3 aromatic rings. The van der Waals surface area contributed by atoms with Crippen LogP contribution in [0.1, 0.15) is 17.5 Å². The van der Waals surface area contributed by atoms with Gasteiger partial charge in [-0.25, -0.2) is 4.98 Å². The van der Waals surface area contributed by atoms with Gasteiger partial charge < -0.3 is 14.8 Å². The average Bonchev–Trinajstić information content (AvgIpc) is 2.88. The van der Waals surface area contributed by atoms with Crippen LogP contribution >= 0.6 is 0 Å². The Hall–Kier alpha value is -2.48. The molecule has 0 amide bonds. The second-order valence-electron chi connectivity index (χ2n) is 5.16. The van der Waals surface area contributed by atoms with E-state index in [2.05, 4.69) is 14.7 Å². The highest BCUT2D eigenvalue weighted by Crippen LogP contribution is 2.26. The van der Waals surface area contributed by atoms with E-state index in [-0.39, 0.29) is 5.75 Å². The fourth-order valence-corrected chi connectivity index (χ4v) is 2.27. The highest BCUT2D eigenvalue weighted by Gasteiger charge is 2.31. The van der Waals surface area contributed by atoms with E-state index in [1.807, 2.05) is 26.0 Å². The maximum Gasteiger partial charge on any atom is 0.573 e. The van der Waals surface area contributed by atoms with Crippen LogP contribution in [0.2, 0.25) is 0 Å². The number of benzene rings is 2. The lowest BCUT2D eigenvalue weighted by molar-refractivity contribution is -0.274. The molecular weight excluding hydrogens is 308 g/mol. The van der Waals surface area contributed by atoms with Gasteiger partial charge in [0.15, 0.2) is 0 Å². The summed E-state index contributed by atoms with van der Waals surface area (Å²) in [6.45, 7) is 0. The highest BCUT2D eigenvalue weighted by atomic mass is 19.4. The van der Waals surface area contributed by atoms with Crippen LogP contribution in [0.3, 0.4) is 0 Å². The van der Waals surface area contributed by atoms with Crippen molar-refractivity contribution in [3.05, 3.63) is 53.9 Å². The fraction of sp³-hybridized carbons (Fsp3) is 0.133. The van der Waals surface area contributed by atoms with Gasteiger partial charge in [-0.1, -0.05) is 23.7 Å². The number of fused-ring (bicyclic) bond motifs is 1. The Kier molecular flexibility index (Phi) is 3.77. The van der Waals surface area contributed by atoms with E-state index in [1.165, 1.54) is 12.1 Å². The number of aromatic amines is 1. The number of H-pyrrole nitrogens is 1. The molecule has 0 saturated carbocycles. The van der Waals surface area contributed by atoms with Crippen LogP contribution < -0.4 is 10.2 Å².